The van der Waals surface area contributed by atoms with Gasteiger partial charge in [-0.3, -0.25) is 0 Å². The van der Waals surface area contributed by atoms with E-state index in [1.807, 2.05) is 12.1 Å². The summed E-state index contributed by atoms with van der Waals surface area (Å²) in [4.78, 5) is 0. The summed E-state index contributed by atoms with van der Waals surface area (Å²) in [5.74, 6) is 0. The second kappa shape index (κ2) is 6.00. The number of hydrogen-bond donors (Lipinski definition) is 1. The molecule has 0 heterocycles. The number of hydrogen-bond acceptors (Lipinski definition) is 1. The molecular weight excluding hydrogens is 354 g/mol. The number of rotatable bonds is 3. The Bertz CT molecular complexity index is 535. The van der Waals surface area contributed by atoms with Crippen molar-refractivity contribution in [1.29, 1.82) is 0 Å². The van der Waals surface area contributed by atoms with Crippen LogP contribution in [0.4, 0.5) is 0 Å². The first-order valence-electron chi connectivity index (χ1n) is 5.82. The second-order valence-electron chi connectivity index (χ2n) is 4.46. The van der Waals surface area contributed by atoms with Gasteiger partial charge in [-0.25, -0.2) is 0 Å². The van der Waals surface area contributed by atoms with E-state index in [0.29, 0.717) is 0 Å². The van der Waals surface area contributed by atoms with Crippen molar-refractivity contribution in [3.8, 4) is 0 Å². The standard InChI is InChI=1S/C15H15Br2N/c1-10-2-4-11(5-3-10)8-15(18)13-7-6-12(16)9-14(13)17/h2-7,9,15H,8,18H2,1H3. The average molecular weight is 369 g/mol. The van der Waals surface area contributed by atoms with E-state index < -0.39 is 0 Å². The summed E-state index contributed by atoms with van der Waals surface area (Å²) >= 11 is 7.01. The Balaban J connectivity index is 2.16. The summed E-state index contributed by atoms with van der Waals surface area (Å²) < 4.78 is 2.11. The first kappa shape index (κ1) is 13.8. The predicted molar refractivity (Wildman–Crippen MR) is 83.7 cm³/mol. The molecule has 0 aromatic heterocycles. The Kier molecular flexibility index (Phi) is 4.60. The summed E-state index contributed by atoms with van der Waals surface area (Å²) in [6, 6.07) is 14.7. The lowest BCUT2D eigenvalue weighted by Crippen LogP contribution is -2.13. The minimum atomic E-state index is 0.00943. The molecule has 2 aromatic carbocycles. The Hall–Kier alpha value is -0.640. The Labute approximate surface area is 125 Å². The lowest BCUT2D eigenvalue weighted by Gasteiger charge is -2.14. The van der Waals surface area contributed by atoms with Gasteiger partial charge in [-0.05, 0) is 36.6 Å². The SMILES string of the molecule is Cc1ccc(CC(N)c2ccc(Br)cc2Br)cc1. The van der Waals surface area contributed by atoms with Crippen molar-refractivity contribution in [3.05, 3.63) is 68.1 Å². The van der Waals surface area contributed by atoms with Crippen LogP contribution in [0.5, 0.6) is 0 Å². The van der Waals surface area contributed by atoms with Gasteiger partial charge >= 0.3 is 0 Å². The van der Waals surface area contributed by atoms with E-state index in [0.717, 1.165) is 20.9 Å². The number of nitrogens with two attached hydrogens (primary N) is 1. The zero-order valence-corrected chi connectivity index (χ0v) is 13.3. The number of aryl methyl sites for hydroxylation is 1. The van der Waals surface area contributed by atoms with E-state index >= 15 is 0 Å². The number of benzene rings is 2. The van der Waals surface area contributed by atoms with Gasteiger partial charge in [-0.2, -0.15) is 0 Å². The monoisotopic (exact) mass is 367 g/mol. The van der Waals surface area contributed by atoms with Gasteiger partial charge in [0.2, 0.25) is 0 Å². The fourth-order valence-corrected chi connectivity index (χ4v) is 3.23. The molecule has 0 saturated heterocycles. The summed E-state index contributed by atoms with van der Waals surface area (Å²) in [6.45, 7) is 2.09. The fourth-order valence-electron chi connectivity index (χ4n) is 1.89. The van der Waals surface area contributed by atoms with Crippen LogP contribution in [0.25, 0.3) is 0 Å². The van der Waals surface area contributed by atoms with Gasteiger partial charge in [-0.15, -0.1) is 0 Å². The average Bonchev–Trinajstić information content (AvgIpc) is 2.32. The Morgan fingerprint density at radius 3 is 2.33 bits per heavy atom. The lowest BCUT2D eigenvalue weighted by atomic mass is 9.99. The van der Waals surface area contributed by atoms with Crippen molar-refractivity contribution < 1.29 is 0 Å². The van der Waals surface area contributed by atoms with Crippen molar-refractivity contribution in [2.45, 2.75) is 19.4 Å². The third-order valence-electron chi connectivity index (χ3n) is 2.94. The van der Waals surface area contributed by atoms with Crippen LogP contribution in [0.2, 0.25) is 0 Å². The quantitative estimate of drug-likeness (QED) is 0.830. The van der Waals surface area contributed by atoms with E-state index in [1.165, 1.54) is 11.1 Å². The molecule has 0 aliphatic heterocycles. The van der Waals surface area contributed by atoms with Crippen LogP contribution >= 0.6 is 31.9 Å². The smallest absolute Gasteiger partial charge is 0.0347 e. The Morgan fingerprint density at radius 2 is 1.72 bits per heavy atom. The van der Waals surface area contributed by atoms with Crippen LogP contribution in [0.3, 0.4) is 0 Å². The van der Waals surface area contributed by atoms with Crippen LogP contribution in [0.15, 0.2) is 51.4 Å². The Morgan fingerprint density at radius 1 is 1.06 bits per heavy atom. The summed E-state index contributed by atoms with van der Waals surface area (Å²) in [5.41, 5.74) is 9.95. The molecule has 1 atom stereocenters. The molecular formula is C15H15Br2N. The van der Waals surface area contributed by atoms with Gasteiger partial charge in [-0.1, -0.05) is 67.8 Å². The molecule has 0 radical (unpaired) electrons. The minimum Gasteiger partial charge on any atom is -0.324 e. The van der Waals surface area contributed by atoms with Gasteiger partial charge in [0.25, 0.3) is 0 Å². The highest BCUT2D eigenvalue weighted by Gasteiger charge is 2.10. The highest BCUT2D eigenvalue weighted by atomic mass is 79.9. The van der Waals surface area contributed by atoms with Crippen LogP contribution < -0.4 is 5.73 Å². The largest absolute Gasteiger partial charge is 0.324 e. The summed E-state index contributed by atoms with van der Waals surface area (Å²) in [5, 5.41) is 0. The maximum absolute atomic E-state index is 6.27. The van der Waals surface area contributed by atoms with Crippen molar-refractivity contribution >= 4 is 31.9 Å². The van der Waals surface area contributed by atoms with Crippen molar-refractivity contribution in [3.63, 3.8) is 0 Å². The molecule has 1 unspecified atom stereocenters. The third-order valence-corrected chi connectivity index (χ3v) is 4.12. The van der Waals surface area contributed by atoms with Gasteiger partial charge in [0, 0.05) is 15.0 Å². The molecule has 0 saturated carbocycles. The van der Waals surface area contributed by atoms with E-state index in [9.17, 15) is 0 Å². The number of halogens is 2. The molecule has 0 aliphatic rings. The highest BCUT2D eigenvalue weighted by Crippen LogP contribution is 2.27. The fraction of sp³-hybridized carbons (Fsp3) is 0.200. The first-order chi connectivity index (χ1) is 8.56. The van der Waals surface area contributed by atoms with Gasteiger partial charge in [0.05, 0.1) is 0 Å². The van der Waals surface area contributed by atoms with Gasteiger partial charge in [0.1, 0.15) is 0 Å². The molecule has 2 aromatic rings. The topological polar surface area (TPSA) is 26.0 Å². The molecule has 0 amide bonds. The van der Waals surface area contributed by atoms with E-state index in [-0.39, 0.29) is 6.04 Å². The van der Waals surface area contributed by atoms with Crippen LogP contribution in [-0.4, -0.2) is 0 Å². The van der Waals surface area contributed by atoms with E-state index in [4.69, 9.17) is 5.73 Å². The molecule has 18 heavy (non-hydrogen) atoms. The van der Waals surface area contributed by atoms with E-state index in [2.05, 4.69) is 69.1 Å². The van der Waals surface area contributed by atoms with Crippen LogP contribution in [0.1, 0.15) is 22.7 Å². The normalized spacial score (nSPS) is 12.4. The molecule has 0 fully saturated rings. The summed E-state index contributed by atoms with van der Waals surface area (Å²) in [7, 11) is 0. The third kappa shape index (κ3) is 3.44. The predicted octanol–water partition coefficient (Wildman–Crippen LogP) is 4.76. The van der Waals surface area contributed by atoms with Gasteiger partial charge < -0.3 is 5.73 Å². The molecule has 2 N–H and O–H groups in total. The molecule has 0 bridgehead atoms. The first-order valence-corrected chi connectivity index (χ1v) is 7.41. The molecule has 1 nitrogen and oxygen atoms in total. The van der Waals surface area contributed by atoms with Gasteiger partial charge in [0.15, 0.2) is 0 Å². The molecule has 2 rings (SSSR count). The van der Waals surface area contributed by atoms with Crippen molar-refractivity contribution in [2.75, 3.05) is 0 Å². The molecule has 0 aliphatic carbocycles. The zero-order valence-electron chi connectivity index (χ0n) is 10.2. The maximum Gasteiger partial charge on any atom is 0.0347 e. The van der Waals surface area contributed by atoms with Crippen molar-refractivity contribution in [1.82, 2.24) is 0 Å². The van der Waals surface area contributed by atoms with Crippen LogP contribution in [0, 0.1) is 6.92 Å². The van der Waals surface area contributed by atoms with Crippen LogP contribution in [-0.2, 0) is 6.42 Å². The molecule has 94 valence electrons. The molecule has 3 heteroatoms. The molecule has 0 spiro atoms. The van der Waals surface area contributed by atoms with Crippen molar-refractivity contribution in [2.24, 2.45) is 5.73 Å². The lowest BCUT2D eigenvalue weighted by molar-refractivity contribution is 0.718. The maximum atomic E-state index is 6.27. The van der Waals surface area contributed by atoms with E-state index in [1.54, 1.807) is 0 Å². The zero-order chi connectivity index (χ0) is 13.1. The summed E-state index contributed by atoms with van der Waals surface area (Å²) in [6.07, 6.45) is 0.848. The second-order valence-corrected chi connectivity index (χ2v) is 6.23. The minimum absolute atomic E-state index is 0.00943. The highest BCUT2D eigenvalue weighted by molar-refractivity contribution is 9.11.